The number of likely N-dealkylation sites (N-methyl/N-ethyl adjacent to an activating group) is 1. The molecule has 1 atom stereocenters. The standard InChI is InChI=1S/C13H17N3O4/c1-16(8-11-3-2-4-20-11)13(19)15-10-5-9(12(17)18)6-14-7-10/h5-7,11H,2-4,8H2,1H3,(H,15,19)(H,17,18). The third kappa shape index (κ3) is 3.67. The molecule has 7 heteroatoms. The Labute approximate surface area is 116 Å². The molecule has 0 spiro atoms. The van der Waals surface area contributed by atoms with Gasteiger partial charge < -0.3 is 20.1 Å². The average molecular weight is 279 g/mol. The summed E-state index contributed by atoms with van der Waals surface area (Å²) in [6.45, 7) is 1.25. The maximum Gasteiger partial charge on any atom is 0.337 e. The van der Waals surface area contributed by atoms with Crippen LogP contribution in [0.15, 0.2) is 18.5 Å². The monoisotopic (exact) mass is 279 g/mol. The van der Waals surface area contributed by atoms with Gasteiger partial charge in [-0.1, -0.05) is 0 Å². The van der Waals surface area contributed by atoms with Gasteiger partial charge in [-0.25, -0.2) is 9.59 Å². The largest absolute Gasteiger partial charge is 0.478 e. The van der Waals surface area contributed by atoms with Crippen LogP contribution in [0.4, 0.5) is 10.5 Å². The first kappa shape index (κ1) is 14.3. The van der Waals surface area contributed by atoms with Crippen molar-refractivity contribution in [2.45, 2.75) is 18.9 Å². The van der Waals surface area contributed by atoms with Crippen molar-refractivity contribution in [2.75, 3.05) is 25.5 Å². The lowest BCUT2D eigenvalue weighted by molar-refractivity contribution is 0.0696. The van der Waals surface area contributed by atoms with Gasteiger partial charge in [-0.2, -0.15) is 0 Å². The molecule has 1 aliphatic heterocycles. The summed E-state index contributed by atoms with van der Waals surface area (Å²) in [5, 5.41) is 11.5. The second-order valence-corrected chi connectivity index (χ2v) is 4.71. The van der Waals surface area contributed by atoms with Gasteiger partial charge in [-0.15, -0.1) is 0 Å². The van der Waals surface area contributed by atoms with Crippen LogP contribution in [0, 0.1) is 0 Å². The Balaban J connectivity index is 1.92. The van der Waals surface area contributed by atoms with Gasteiger partial charge in [-0.05, 0) is 18.9 Å². The van der Waals surface area contributed by atoms with E-state index in [0.29, 0.717) is 12.2 Å². The van der Waals surface area contributed by atoms with Gasteiger partial charge in [0, 0.05) is 26.4 Å². The molecule has 108 valence electrons. The van der Waals surface area contributed by atoms with Crippen LogP contribution in [0.3, 0.4) is 0 Å². The van der Waals surface area contributed by atoms with Crippen molar-refractivity contribution in [1.82, 2.24) is 9.88 Å². The molecule has 20 heavy (non-hydrogen) atoms. The zero-order valence-corrected chi connectivity index (χ0v) is 11.2. The van der Waals surface area contributed by atoms with Crippen LogP contribution in [-0.2, 0) is 4.74 Å². The fraction of sp³-hybridized carbons (Fsp3) is 0.462. The highest BCUT2D eigenvalue weighted by Gasteiger charge is 2.20. The molecule has 2 amide bonds. The number of carboxylic acids is 1. The van der Waals surface area contributed by atoms with Crippen LogP contribution >= 0.6 is 0 Å². The zero-order chi connectivity index (χ0) is 14.5. The zero-order valence-electron chi connectivity index (χ0n) is 11.2. The molecular formula is C13H17N3O4. The van der Waals surface area contributed by atoms with Gasteiger partial charge in [0.1, 0.15) is 0 Å². The quantitative estimate of drug-likeness (QED) is 0.869. The van der Waals surface area contributed by atoms with Crippen molar-refractivity contribution in [1.29, 1.82) is 0 Å². The first-order valence-electron chi connectivity index (χ1n) is 6.38. The SMILES string of the molecule is CN(CC1CCCO1)C(=O)Nc1cncc(C(=O)O)c1. The Hall–Kier alpha value is -2.15. The molecule has 2 rings (SSSR count). The highest BCUT2D eigenvalue weighted by atomic mass is 16.5. The van der Waals surface area contributed by atoms with E-state index in [1.54, 1.807) is 7.05 Å². The lowest BCUT2D eigenvalue weighted by atomic mass is 10.2. The van der Waals surface area contributed by atoms with Crippen LogP contribution in [0.5, 0.6) is 0 Å². The molecular weight excluding hydrogens is 262 g/mol. The third-order valence-corrected chi connectivity index (χ3v) is 3.08. The Morgan fingerprint density at radius 1 is 1.55 bits per heavy atom. The molecule has 1 aromatic rings. The normalized spacial score (nSPS) is 17.8. The number of nitrogens with one attached hydrogen (secondary N) is 1. The molecule has 1 unspecified atom stereocenters. The number of ether oxygens (including phenoxy) is 1. The number of aromatic nitrogens is 1. The Kier molecular flexibility index (Phi) is 4.52. The summed E-state index contributed by atoms with van der Waals surface area (Å²) in [6, 6.07) is 1.05. The lowest BCUT2D eigenvalue weighted by Gasteiger charge is -2.21. The molecule has 0 saturated carbocycles. The number of rotatable bonds is 4. The number of urea groups is 1. The maximum atomic E-state index is 12.0. The first-order chi connectivity index (χ1) is 9.56. The highest BCUT2D eigenvalue weighted by Crippen LogP contribution is 2.14. The maximum absolute atomic E-state index is 12.0. The lowest BCUT2D eigenvalue weighted by Crippen LogP contribution is -2.37. The van der Waals surface area contributed by atoms with E-state index in [2.05, 4.69) is 10.3 Å². The second-order valence-electron chi connectivity index (χ2n) is 4.71. The number of anilines is 1. The molecule has 1 saturated heterocycles. The van der Waals surface area contributed by atoms with Crippen LogP contribution in [0.25, 0.3) is 0 Å². The van der Waals surface area contributed by atoms with Gasteiger partial charge in [0.15, 0.2) is 0 Å². The van der Waals surface area contributed by atoms with E-state index in [-0.39, 0.29) is 17.7 Å². The van der Waals surface area contributed by atoms with Crippen molar-refractivity contribution in [3.8, 4) is 0 Å². The summed E-state index contributed by atoms with van der Waals surface area (Å²) in [6.07, 6.45) is 4.69. The number of hydrogen-bond acceptors (Lipinski definition) is 4. The Bertz CT molecular complexity index is 500. The molecule has 2 heterocycles. The minimum atomic E-state index is -1.08. The van der Waals surface area contributed by atoms with Crippen LogP contribution in [0.1, 0.15) is 23.2 Å². The van der Waals surface area contributed by atoms with Crippen molar-refractivity contribution in [2.24, 2.45) is 0 Å². The molecule has 1 aromatic heterocycles. The number of pyridine rings is 1. The van der Waals surface area contributed by atoms with E-state index < -0.39 is 5.97 Å². The van der Waals surface area contributed by atoms with E-state index in [9.17, 15) is 9.59 Å². The minimum absolute atomic E-state index is 0.0320. The topological polar surface area (TPSA) is 91.8 Å². The predicted octanol–water partition coefficient (Wildman–Crippen LogP) is 1.42. The van der Waals surface area contributed by atoms with Crippen LogP contribution < -0.4 is 5.32 Å². The number of carbonyl (C=O) groups is 2. The predicted molar refractivity (Wildman–Crippen MR) is 71.8 cm³/mol. The molecule has 1 aliphatic rings. The molecule has 0 radical (unpaired) electrons. The number of nitrogens with zero attached hydrogens (tertiary/aromatic N) is 2. The summed E-state index contributed by atoms with van der Waals surface area (Å²) in [5.74, 6) is -1.08. The number of amides is 2. The van der Waals surface area contributed by atoms with Gasteiger partial charge in [-0.3, -0.25) is 4.98 Å². The summed E-state index contributed by atoms with van der Waals surface area (Å²) >= 11 is 0. The van der Waals surface area contributed by atoms with Crippen molar-refractivity contribution < 1.29 is 19.4 Å². The van der Waals surface area contributed by atoms with E-state index in [1.165, 1.54) is 23.4 Å². The number of aromatic carboxylic acids is 1. The highest BCUT2D eigenvalue weighted by molar-refractivity contribution is 5.92. The van der Waals surface area contributed by atoms with Gasteiger partial charge >= 0.3 is 12.0 Å². The molecule has 2 N–H and O–H groups in total. The fourth-order valence-corrected chi connectivity index (χ4v) is 2.02. The summed E-state index contributed by atoms with van der Waals surface area (Å²) in [4.78, 5) is 28.1. The molecule has 0 aliphatic carbocycles. The third-order valence-electron chi connectivity index (χ3n) is 3.08. The molecule has 7 nitrogen and oxygen atoms in total. The average Bonchev–Trinajstić information content (AvgIpc) is 2.91. The second kappa shape index (κ2) is 6.33. The molecule has 0 bridgehead atoms. The van der Waals surface area contributed by atoms with E-state index in [0.717, 1.165) is 19.4 Å². The van der Waals surface area contributed by atoms with Crippen LogP contribution in [-0.4, -0.2) is 53.3 Å². The summed E-state index contributed by atoms with van der Waals surface area (Å²) in [5.41, 5.74) is 0.388. The Morgan fingerprint density at radius 2 is 2.35 bits per heavy atom. The Morgan fingerprint density at radius 3 is 3.00 bits per heavy atom. The summed E-state index contributed by atoms with van der Waals surface area (Å²) in [7, 11) is 1.67. The molecule has 0 aromatic carbocycles. The van der Waals surface area contributed by atoms with Crippen LogP contribution in [0.2, 0.25) is 0 Å². The van der Waals surface area contributed by atoms with Crippen molar-refractivity contribution >= 4 is 17.7 Å². The van der Waals surface area contributed by atoms with Gasteiger partial charge in [0.05, 0.1) is 23.6 Å². The smallest absolute Gasteiger partial charge is 0.337 e. The first-order valence-corrected chi connectivity index (χ1v) is 6.38. The minimum Gasteiger partial charge on any atom is -0.478 e. The summed E-state index contributed by atoms with van der Waals surface area (Å²) < 4.78 is 5.46. The van der Waals surface area contributed by atoms with Crippen molar-refractivity contribution in [3.05, 3.63) is 24.0 Å². The number of carboxylic acid groups (broad SMARTS) is 1. The van der Waals surface area contributed by atoms with Gasteiger partial charge in [0.2, 0.25) is 0 Å². The van der Waals surface area contributed by atoms with E-state index in [4.69, 9.17) is 9.84 Å². The molecule has 1 fully saturated rings. The van der Waals surface area contributed by atoms with E-state index >= 15 is 0 Å². The fourth-order valence-electron chi connectivity index (χ4n) is 2.02. The van der Waals surface area contributed by atoms with E-state index in [1.807, 2.05) is 0 Å². The number of carbonyl (C=O) groups excluding carboxylic acids is 1. The van der Waals surface area contributed by atoms with Crippen molar-refractivity contribution in [3.63, 3.8) is 0 Å². The van der Waals surface area contributed by atoms with Gasteiger partial charge in [0.25, 0.3) is 0 Å². The number of hydrogen-bond donors (Lipinski definition) is 2.